The van der Waals surface area contributed by atoms with Crippen molar-refractivity contribution in [3.8, 4) is 0 Å². The molecule has 0 saturated carbocycles. The van der Waals surface area contributed by atoms with Crippen molar-refractivity contribution in [2.75, 3.05) is 12.9 Å². The zero-order chi connectivity index (χ0) is 6.24. The highest BCUT2D eigenvalue weighted by atomic mass is 32.2. The van der Waals surface area contributed by atoms with Crippen molar-refractivity contribution in [2.45, 2.75) is 12.8 Å². The molecule has 0 atom stereocenters. The van der Waals surface area contributed by atoms with E-state index in [4.69, 9.17) is 5.11 Å². The molecule has 0 saturated heterocycles. The van der Waals surface area contributed by atoms with Crippen molar-refractivity contribution in [2.24, 2.45) is 0 Å². The second-order valence-corrected chi connectivity index (χ2v) is 2.22. The fourth-order valence-corrected chi connectivity index (χ4v) is 0.702. The first kappa shape index (κ1) is 8.05. The van der Waals surface area contributed by atoms with Crippen LogP contribution in [-0.2, 0) is 0 Å². The summed E-state index contributed by atoms with van der Waals surface area (Å²) in [7, 11) is 0. The number of aliphatic hydroxyl groups excluding tert-OH is 1. The summed E-state index contributed by atoms with van der Waals surface area (Å²) in [5.74, 6) is 0. The summed E-state index contributed by atoms with van der Waals surface area (Å²) in [6.45, 7) is 0.304. The number of allylic oxidation sites excluding steroid dienone is 1. The summed E-state index contributed by atoms with van der Waals surface area (Å²) in [5.41, 5.74) is 0. The minimum absolute atomic E-state index is 0.304. The van der Waals surface area contributed by atoms with Gasteiger partial charge >= 0.3 is 0 Å². The lowest BCUT2D eigenvalue weighted by molar-refractivity contribution is 0.289. The SMILES string of the molecule is CSC=CCCCO. The van der Waals surface area contributed by atoms with Crippen molar-refractivity contribution in [1.29, 1.82) is 0 Å². The number of thioether (sulfide) groups is 1. The maximum atomic E-state index is 8.32. The molecule has 0 fully saturated rings. The Balaban J connectivity index is 2.80. The van der Waals surface area contributed by atoms with E-state index in [2.05, 4.69) is 6.08 Å². The molecule has 0 bridgehead atoms. The second kappa shape index (κ2) is 7.05. The molecule has 0 spiro atoms. The normalized spacial score (nSPS) is 10.8. The monoisotopic (exact) mass is 132 g/mol. The van der Waals surface area contributed by atoms with Gasteiger partial charge in [0.2, 0.25) is 0 Å². The van der Waals surface area contributed by atoms with Crippen LogP contribution in [-0.4, -0.2) is 18.0 Å². The maximum Gasteiger partial charge on any atom is 0.0433 e. The van der Waals surface area contributed by atoms with Gasteiger partial charge in [-0.1, -0.05) is 6.08 Å². The van der Waals surface area contributed by atoms with E-state index in [-0.39, 0.29) is 0 Å². The molecule has 0 aromatic heterocycles. The lowest BCUT2D eigenvalue weighted by atomic mass is 10.3. The average Bonchev–Trinajstić information content (AvgIpc) is 1.81. The van der Waals surface area contributed by atoms with Gasteiger partial charge in [-0.3, -0.25) is 0 Å². The Morgan fingerprint density at radius 3 is 2.88 bits per heavy atom. The van der Waals surface area contributed by atoms with Crippen LogP contribution in [0.15, 0.2) is 11.5 Å². The molecule has 0 amide bonds. The highest BCUT2D eigenvalue weighted by Gasteiger charge is 1.75. The minimum atomic E-state index is 0.304. The van der Waals surface area contributed by atoms with Gasteiger partial charge in [0.15, 0.2) is 0 Å². The molecule has 0 rings (SSSR count). The lowest BCUT2D eigenvalue weighted by Gasteiger charge is -1.85. The van der Waals surface area contributed by atoms with Gasteiger partial charge in [0.25, 0.3) is 0 Å². The summed E-state index contributed by atoms with van der Waals surface area (Å²) in [6.07, 6.45) is 5.98. The van der Waals surface area contributed by atoms with Crippen LogP contribution in [0.4, 0.5) is 0 Å². The molecule has 0 radical (unpaired) electrons. The Bertz CT molecular complexity index is 61.5. The van der Waals surface area contributed by atoms with Crippen LogP contribution < -0.4 is 0 Å². The Morgan fingerprint density at radius 1 is 1.62 bits per heavy atom. The third-order valence-corrected chi connectivity index (χ3v) is 1.23. The zero-order valence-corrected chi connectivity index (χ0v) is 5.95. The highest BCUT2D eigenvalue weighted by molar-refractivity contribution is 8.01. The number of unbranched alkanes of at least 4 members (excludes halogenated alkanes) is 1. The summed E-state index contributed by atoms with van der Waals surface area (Å²) >= 11 is 1.69. The number of hydrogen-bond donors (Lipinski definition) is 1. The fourth-order valence-electron chi connectivity index (χ4n) is 0.373. The third-order valence-electron chi connectivity index (χ3n) is 0.761. The van der Waals surface area contributed by atoms with Gasteiger partial charge in [0, 0.05) is 6.61 Å². The molecule has 0 aliphatic carbocycles. The largest absolute Gasteiger partial charge is 0.396 e. The fraction of sp³-hybridized carbons (Fsp3) is 0.667. The Labute approximate surface area is 54.8 Å². The van der Waals surface area contributed by atoms with E-state index >= 15 is 0 Å². The highest BCUT2D eigenvalue weighted by Crippen LogP contribution is 1.96. The Kier molecular flexibility index (Phi) is 7.09. The van der Waals surface area contributed by atoms with Gasteiger partial charge in [-0.15, -0.1) is 11.8 Å². The predicted octanol–water partition coefficient (Wildman–Crippen LogP) is 1.64. The standard InChI is InChI=1S/C6H12OS/c1-8-6-4-2-3-5-7/h4,6-7H,2-3,5H2,1H3. The van der Waals surface area contributed by atoms with Crippen molar-refractivity contribution >= 4 is 11.8 Å². The molecule has 0 aliphatic heterocycles. The first-order valence-corrected chi connectivity index (χ1v) is 3.99. The molecule has 0 aliphatic rings. The van der Waals surface area contributed by atoms with Crippen molar-refractivity contribution in [3.05, 3.63) is 11.5 Å². The van der Waals surface area contributed by atoms with Crippen LogP contribution >= 0.6 is 11.8 Å². The van der Waals surface area contributed by atoms with E-state index in [1.165, 1.54) is 0 Å². The number of rotatable bonds is 4. The van der Waals surface area contributed by atoms with Crippen LogP contribution in [0.25, 0.3) is 0 Å². The van der Waals surface area contributed by atoms with Crippen molar-refractivity contribution in [1.82, 2.24) is 0 Å². The van der Waals surface area contributed by atoms with Gasteiger partial charge in [0.05, 0.1) is 0 Å². The Hall–Kier alpha value is 0.0500. The van der Waals surface area contributed by atoms with E-state index in [1.807, 2.05) is 11.7 Å². The second-order valence-electron chi connectivity index (χ2n) is 1.47. The van der Waals surface area contributed by atoms with Crippen LogP contribution in [0.5, 0.6) is 0 Å². The van der Waals surface area contributed by atoms with Crippen molar-refractivity contribution in [3.63, 3.8) is 0 Å². The molecule has 0 aromatic rings. The van der Waals surface area contributed by atoms with Gasteiger partial charge in [-0.2, -0.15) is 0 Å². The molecule has 0 unspecified atom stereocenters. The maximum absolute atomic E-state index is 8.32. The van der Waals surface area contributed by atoms with E-state index in [9.17, 15) is 0 Å². The molecule has 1 N–H and O–H groups in total. The smallest absolute Gasteiger partial charge is 0.0433 e. The summed E-state index contributed by atoms with van der Waals surface area (Å²) in [6, 6.07) is 0. The molecule has 48 valence electrons. The molecular weight excluding hydrogens is 120 g/mol. The third kappa shape index (κ3) is 6.05. The van der Waals surface area contributed by atoms with Gasteiger partial charge < -0.3 is 5.11 Å². The van der Waals surface area contributed by atoms with Gasteiger partial charge in [-0.25, -0.2) is 0 Å². The zero-order valence-electron chi connectivity index (χ0n) is 5.13. The predicted molar refractivity (Wildman–Crippen MR) is 39.0 cm³/mol. The lowest BCUT2D eigenvalue weighted by Crippen LogP contribution is -1.77. The van der Waals surface area contributed by atoms with E-state index in [0.717, 1.165) is 12.8 Å². The van der Waals surface area contributed by atoms with E-state index < -0.39 is 0 Å². The number of hydrogen-bond acceptors (Lipinski definition) is 2. The van der Waals surface area contributed by atoms with Crippen LogP contribution in [0, 0.1) is 0 Å². The Morgan fingerprint density at radius 2 is 2.38 bits per heavy atom. The molecule has 8 heavy (non-hydrogen) atoms. The minimum Gasteiger partial charge on any atom is -0.396 e. The average molecular weight is 132 g/mol. The molecule has 1 nitrogen and oxygen atoms in total. The van der Waals surface area contributed by atoms with Gasteiger partial charge in [0.1, 0.15) is 0 Å². The summed E-state index contributed by atoms with van der Waals surface area (Å²) < 4.78 is 0. The summed E-state index contributed by atoms with van der Waals surface area (Å²) in [5, 5.41) is 10.4. The van der Waals surface area contributed by atoms with Crippen LogP contribution in [0.3, 0.4) is 0 Å². The van der Waals surface area contributed by atoms with E-state index in [1.54, 1.807) is 11.8 Å². The summed E-state index contributed by atoms with van der Waals surface area (Å²) in [4.78, 5) is 0. The van der Waals surface area contributed by atoms with Gasteiger partial charge in [-0.05, 0) is 24.5 Å². The molecule has 0 aromatic carbocycles. The number of aliphatic hydroxyl groups is 1. The molecule has 0 heterocycles. The first-order chi connectivity index (χ1) is 3.91. The van der Waals surface area contributed by atoms with Crippen molar-refractivity contribution < 1.29 is 5.11 Å². The quantitative estimate of drug-likeness (QED) is 0.587. The van der Waals surface area contributed by atoms with Crippen LogP contribution in [0.2, 0.25) is 0 Å². The first-order valence-electron chi connectivity index (χ1n) is 2.70. The molecular formula is C6H12OS. The van der Waals surface area contributed by atoms with Crippen LogP contribution in [0.1, 0.15) is 12.8 Å². The topological polar surface area (TPSA) is 20.2 Å². The van der Waals surface area contributed by atoms with E-state index in [0.29, 0.717) is 6.61 Å². The molecule has 2 heteroatoms.